The Hall–Kier alpha value is -0.800. The highest BCUT2D eigenvalue weighted by Crippen LogP contribution is 2.26. The highest BCUT2D eigenvalue weighted by atomic mass is 35.5. The van der Waals surface area contributed by atoms with Gasteiger partial charge in [-0.2, -0.15) is 0 Å². The zero-order valence-electron chi connectivity index (χ0n) is 8.06. The van der Waals surface area contributed by atoms with Crippen molar-refractivity contribution in [2.45, 2.75) is 13.1 Å². The van der Waals surface area contributed by atoms with Crippen LogP contribution in [-0.2, 0) is 0 Å². The summed E-state index contributed by atoms with van der Waals surface area (Å²) in [6.07, 6.45) is -0.990. The van der Waals surface area contributed by atoms with E-state index in [0.29, 0.717) is 23.7 Å². The molecule has 78 valence electrons. The molecule has 0 bridgehead atoms. The lowest BCUT2D eigenvalue weighted by atomic mass is 10.1. The molecule has 0 fully saturated rings. The fourth-order valence-corrected chi connectivity index (χ4v) is 1.38. The number of nitrogens with one attached hydrogen (secondary N) is 1. The monoisotopic (exact) mass is 216 g/mol. The lowest BCUT2D eigenvalue weighted by Gasteiger charge is -2.09. The van der Waals surface area contributed by atoms with Crippen LogP contribution in [0.25, 0.3) is 0 Å². The molecule has 0 aliphatic carbocycles. The number of benzene rings is 1. The van der Waals surface area contributed by atoms with Crippen LogP contribution in [0.5, 0.6) is 0 Å². The normalized spacial score (nSPS) is 12.6. The fraction of sp³-hybridized carbons (Fsp3) is 0.400. The van der Waals surface area contributed by atoms with E-state index in [1.165, 1.54) is 6.92 Å². The minimum atomic E-state index is -0.990. The molecular formula is C10H14ClFN2. The maximum atomic E-state index is 12.9. The quantitative estimate of drug-likeness (QED) is 0.812. The van der Waals surface area contributed by atoms with E-state index in [9.17, 15) is 4.39 Å². The Morgan fingerprint density at radius 2 is 2.29 bits per heavy atom. The van der Waals surface area contributed by atoms with Crippen LogP contribution in [0.2, 0.25) is 5.02 Å². The number of hydrogen-bond donors (Lipinski definition) is 2. The second kappa shape index (κ2) is 5.17. The molecule has 14 heavy (non-hydrogen) atoms. The van der Waals surface area contributed by atoms with Crippen LogP contribution >= 0.6 is 11.6 Å². The highest BCUT2D eigenvalue weighted by Gasteiger charge is 2.05. The van der Waals surface area contributed by atoms with Gasteiger partial charge in [0.15, 0.2) is 0 Å². The van der Waals surface area contributed by atoms with Gasteiger partial charge in [0.2, 0.25) is 0 Å². The molecule has 4 heteroatoms. The number of rotatable bonds is 4. The van der Waals surface area contributed by atoms with Gasteiger partial charge < -0.3 is 11.1 Å². The second-order valence-corrected chi connectivity index (χ2v) is 3.48. The molecule has 0 heterocycles. The van der Waals surface area contributed by atoms with Gasteiger partial charge in [0.25, 0.3) is 0 Å². The van der Waals surface area contributed by atoms with E-state index in [4.69, 9.17) is 17.3 Å². The van der Waals surface area contributed by atoms with Crippen molar-refractivity contribution in [3.63, 3.8) is 0 Å². The topological polar surface area (TPSA) is 38.0 Å². The smallest absolute Gasteiger partial charge is 0.122 e. The number of nitrogens with two attached hydrogens (primary N) is 1. The molecule has 0 saturated heterocycles. The van der Waals surface area contributed by atoms with E-state index in [2.05, 4.69) is 5.32 Å². The molecule has 0 aromatic heterocycles. The van der Waals surface area contributed by atoms with Gasteiger partial charge in [-0.25, -0.2) is 4.39 Å². The summed E-state index contributed by atoms with van der Waals surface area (Å²) < 4.78 is 12.9. The van der Waals surface area contributed by atoms with Gasteiger partial charge in [-0.3, -0.25) is 0 Å². The van der Waals surface area contributed by atoms with E-state index in [-0.39, 0.29) is 0 Å². The van der Waals surface area contributed by atoms with Crippen molar-refractivity contribution in [2.24, 2.45) is 5.73 Å². The predicted octanol–water partition coefficient (Wildman–Crippen LogP) is 2.74. The van der Waals surface area contributed by atoms with Crippen molar-refractivity contribution in [3.05, 3.63) is 28.8 Å². The zero-order valence-corrected chi connectivity index (χ0v) is 8.81. The summed E-state index contributed by atoms with van der Waals surface area (Å²) in [5, 5.41) is 3.58. The second-order valence-electron chi connectivity index (χ2n) is 3.07. The molecule has 1 aromatic carbocycles. The molecule has 0 aliphatic heterocycles. The number of hydrogen-bond acceptors (Lipinski definition) is 2. The Bertz CT molecular complexity index is 302. The SMILES string of the molecule is CC(F)c1ccc(NCCN)c(Cl)c1. The standard InChI is InChI=1S/C10H14ClFN2/c1-7(12)8-2-3-10(9(11)6-8)14-5-4-13/h2-3,6-7,14H,4-5,13H2,1H3. The van der Waals surface area contributed by atoms with Crippen molar-refractivity contribution in [2.75, 3.05) is 18.4 Å². The Labute approximate surface area is 88.2 Å². The third-order valence-corrected chi connectivity index (χ3v) is 2.22. The lowest BCUT2D eigenvalue weighted by molar-refractivity contribution is 0.374. The lowest BCUT2D eigenvalue weighted by Crippen LogP contribution is -2.13. The van der Waals surface area contributed by atoms with Crippen molar-refractivity contribution in [1.82, 2.24) is 0 Å². The molecule has 3 N–H and O–H groups in total. The van der Waals surface area contributed by atoms with Gasteiger partial charge in [0, 0.05) is 13.1 Å². The van der Waals surface area contributed by atoms with E-state index in [1.807, 2.05) is 0 Å². The molecule has 2 nitrogen and oxygen atoms in total. The van der Waals surface area contributed by atoms with Crippen LogP contribution in [0.1, 0.15) is 18.7 Å². The maximum Gasteiger partial charge on any atom is 0.122 e. The van der Waals surface area contributed by atoms with Crippen LogP contribution in [-0.4, -0.2) is 13.1 Å². The first kappa shape index (κ1) is 11.3. The van der Waals surface area contributed by atoms with Gasteiger partial charge in [0.05, 0.1) is 10.7 Å². The van der Waals surface area contributed by atoms with Gasteiger partial charge in [-0.1, -0.05) is 17.7 Å². The molecule has 0 spiro atoms. The minimum Gasteiger partial charge on any atom is -0.383 e. The predicted molar refractivity (Wildman–Crippen MR) is 58.5 cm³/mol. The Kier molecular flexibility index (Phi) is 4.17. The van der Waals surface area contributed by atoms with Gasteiger partial charge in [-0.05, 0) is 24.6 Å². The summed E-state index contributed by atoms with van der Waals surface area (Å²) in [5.74, 6) is 0. The largest absolute Gasteiger partial charge is 0.383 e. The number of halogens is 2. The van der Waals surface area contributed by atoms with Gasteiger partial charge in [-0.15, -0.1) is 0 Å². The van der Waals surface area contributed by atoms with Crippen molar-refractivity contribution in [3.8, 4) is 0 Å². The average Bonchev–Trinajstić information content (AvgIpc) is 2.15. The average molecular weight is 217 g/mol. The molecular weight excluding hydrogens is 203 g/mol. The van der Waals surface area contributed by atoms with Crippen LogP contribution in [0.4, 0.5) is 10.1 Å². The summed E-state index contributed by atoms with van der Waals surface area (Å²) in [6.45, 7) is 2.68. The molecule has 0 aliphatic rings. The summed E-state index contributed by atoms with van der Waals surface area (Å²) in [5.41, 5.74) is 6.72. The molecule has 1 atom stereocenters. The Morgan fingerprint density at radius 3 is 2.79 bits per heavy atom. The fourth-order valence-electron chi connectivity index (χ4n) is 1.13. The number of alkyl halides is 1. The first-order chi connectivity index (χ1) is 6.65. The number of anilines is 1. The molecule has 0 amide bonds. The summed E-state index contributed by atoms with van der Waals surface area (Å²) >= 11 is 5.94. The molecule has 0 saturated carbocycles. The Morgan fingerprint density at radius 1 is 1.57 bits per heavy atom. The van der Waals surface area contributed by atoms with Crippen molar-refractivity contribution < 1.29 is 4.39 Å². The molecule has 1 unspecified atom stereocenters. The van der Waals surface area contributed by atoms with Crippen LogP contribution < -0.4 is 11.1 Å². The molecule has 0 radical (unpaired) electrons. The summed E-state index contributed by atoms with van der Waals surface area (Å²) in [6, 6.07) is 5.11. The summed E-state index contributed by atoms with van der Waals surface area (Å²) in [7, 11) is 0. The van der Waals surface area contributed by atoms with Crippen molar-refractivity contribution in [1.29, 1.82) is 0 Å². The van der Waals surface area contributed by atoms with E-state index >= 15 is 0 Å². The van der Waals surface area contributed by atoms with Crippen LogP contribution in [0.15, 0.2) is 18.2 Å². The first-order valence-electron chi connectivity index (χ1n) is 4.52. The van der Waals surface area contributed by atoms with Crippen LogP contribution in [0.3, 0.4) is 0 Å². The zero-order chi connectivity index (χ0) is 10.6. The van der Waals surface area contributed by atoms with Crippen molar-refractivity contribution >= 4 is 17.3 Å². The summed E-state index contributed by atoms with van der Waals surface area (Å²) in [4.78, 5) is 0. The Balaban J connectivity index is 2.79. The van der Waals surface area contributed by atoms with E-state index in [0.717, 1.165) is 5.69 Å². The molecule has 1 rings (SSSR count). The third-order valence-electron chi connectivity index (χ3n) is 1.91. The third kappa shape index (κ3) is 2.86. The molecule has 1 aromatic rings. The first-order valence-corrected chi connectivity index (χ1v) is 4.90. The van der Waals surface area contributed by atoms with E-state index in [1.54, 1.807) is 18.2 Å². The minimum absolute atomic E-state index is 0.528. The highest BCUT2D eigenvalue weighted by molar-refractivity contribution is 6.33. The van der Waals surface area contributed by atoms with Gasteiger partial charge in [0.1, 0.15) is 6.17 Å². The van der Waals surface area contributed by atoms with Crippen LogP contribution in [0, 0.1) is 0 Å². The maximum absolute atomic E-state index is 12.9. The van der Waals surface area contributed by atoms with E-state index < -0.39 is 6.17 Å². The van der Waals surface area contributed by atoms with Gasteiger partial charge >= 0.3 is 0 Å².